The number of carbonyl (C=O) groups is 4. The fourth-order valence-corrected chi connectivity index (χ4v) is 2.79. The Kier molecular flexibility index (Phi) is 14.7. The van der Waals surface area contributed by atoms with E-state index in [0.29, 0.717) is 12.3 Å². The third-order valence-corrected chi connectivity index (χ3v) is 5.02. The normalized spacial score (nSPS) is 11.9. The van der Waals surface area contributed by atoms with Gasteiger partial charge in [0.2, 0.25) is 11.8 Å². The maximum Gasteiger partial charge on any atom is 0.316 e. The Morgan fingerprint density at radius 2 is 1.50 bits per heavy atom. The molecule has 7 heteroatoms. The predicted molar refractivity (Wildman–Crippen MR) is 135 cm³/mol. The number of carboxylic acid groups (broad SMARTS) is 1. The lowest BCUT2D eigenvalue weighted by atomic mass is 9.88. The molecule has 0 aromatic heterocycles. The standard InChI is InChI=1S/C23H34N2O5.C4H10/c1-16(2)10-8-9-13-20(27)25-18(14-17-11-6-5-7-12-17)21(28)24-15-19(26)23(3,4)22(29)30;1-4(2)3/h5-7,11-12,16,18H,8-10,13-15H2,1-4H3,(H,24,28)(H,25,27)(H,29,30);4H,1-3H3. The highest BCUT2D eigenvalue weighted by Crippen LogP contribution is 2.16. The number of nitrogens with one attached hydrogen (secondary N) is 2. The van der Waals surface area contributed by atoms with Crippen molar-refractivity contribution in [1.29, 1.82) is 0 Å². The van der Waals surface area contributed by atoms with Crippen LogP contribution in [0.3, 0.4) is 0 Å². The molecule has 1 atom stereocenters. The van der Waals surface area contributed by atoms with E-state index in [1.165, 1.54) is 13.8 Å². The van der Waals surface area contributed by atoms with Crippen LogP contribution in [0, 0.1) is 17.3 Å². The van der Waals surface area contributed by atoms with Gasteiger partial charge in [0.05, 0.1) is 6.54 Å². The number of rotatable bonds is 13. The second-order valence-electron chi connectivity index (χ2n) is 10.3. The summed E-state index contributed by atoms with van der Waals surface area (Å²) in [5.74, 6) is -1.17. The van der Waals surface area contributed by atoms with Crippen LogP contribution in [0.5, 0.6) is 0 Å². The molecule has 0 heterocycles. The van der Waals surface area contributed by atoms with Crippen LogP contribution in [0.1, 0.15) is 79.7 Å². The van der Waals surface area contributed by atoms with Gasteiger partial charge in [-0.1, -0.05) is 77.8 Å². The van der Waals surface area contributed by atoms with E-state index in [1.807, 2.05) is 30.3 Å². The Hall–Kier alpha value is -2.70. The molecule has 0 aliphatic rings. The minimum Gasteiger partial charge on any atom is -0.481 e. The zero-order valence-electron chi connectivity index (χ0n) is 21.9. The van der Waals surface area contributed by atoms with Crippen molar-refractivity contribution in [3.63, 3.8) is 0 Å². The number of carboxylic acids is 1. The molecule has 34 heavy (non-hydrogen) atoms. The Labute approximate surface area is 205 Å². The van der Waals surface area contributed by atoms with Crippen LogP contribution < -0.4 is 10.6 Å². The molecule has 3 N–H and O–H groups in total. The molecule has 0 saturated carbocycles. The molecule has 0 bridgehead atoms. The van der Waals surface area contributed by atoms with Crippen LogP contribution in [-0.2, 0) is 25.6 Å². The van der Waals surface area contributed by atoms with Gasteiger partial charge < -0.3 is 15.7 Å². The summed E-state index contributed by atoms with van der Waals surface area (Å²) in [5, 5.41) is 14.4. The van der Waals surface area contributed by atoms with Crippen LogP contribution in [0.15, 0.2) is 30.3 Å². The van der Waals surface area contributed by atoms with E-state index in [0.717, 1.165) is 30.7 Å². The quantitative estimate of drug-likeness (QED) is 0.289. The molecule has 7 nitrogen and oxygen atoms in total. The second kappa shape index (κ2) is 16.0. The van der Waals surface area contributed by atoms with Gasteiger partial charge in [-0.05, 0) is 37.7 Å². The minimum atomic E-state index is -1.60. The summed E-state index contributed by atoms with van der Waals surface area (Å²) in [6.45, 7) is 12.9. The van der Waals surface area contributed by atoms with Crippen molar-refractivity contribution in [2.75, 3.05) is 6.54 Å². The first-order valence-corrected chi connectivity index (χ1v) is 12.1. The molecule has 0 radical (unpaired) electrons. The van der Waals surface area contributed by atoms with Crippen LogP contribution in [0.2, 0.25) is 0 Å². The molecule has 1 rings (SSSR count). The lowest BCUT2D eigenvalue weighted by Gasteiger charge is -2.21. The number of carbonyl (C=O) groups excluding carboxylic acids is 3. The lowest BCUT2D eigenvalue weighted by molar-refractivity contribution is -0.152. The third kappa shape index (κ3) is 13.8. The largest absolute Gasteiger partial charge is 0.481 e. The third-order valence-electron chi connectivity index (χ3n) is 5.02. The Morgan fingerprint density at radius 1 is 0.941 bits per heavy atom. The molecule has 192 valence electrons. The SMILES string of the molecule is CC(C)C.CC(C)CCCCC(=O)NC(Cc1ccccc1)C(=O)NCC(=O)C(C)(C)C(=O)O. The zero-order chi connectivity index (χ0) is 26.3. The number of hydrogen-bond acceptors (Lipinski definition) is 4. The van der Waals surface area contributed by atoms with E-state index in [-0.39, 0.29) is 12.3 Å². The van der Waals surface area contributed by atoms with Gasteiger partial charge in [-0.25, -0.2) is 0 Å². The van der Waals surface area contributed by atoms with E-state index >= 15 is 0 Å². The summed E-state index contributed by atoms with van der Waals surface area (Å²) in [4.78, 5) is 48.4. The van der Waals surface area contributed by atoms with Crippen LogP contribution in [0.25, 0.3) is 0 Å². The van der Waals surface area contributed by atoms with E-state index in [2.05, 4.69) is 45.3 Å². The summed E-state index contributed by atoms with van der Waals surface area (Å²) in [5.41, 5.74) is -0.725. The highest BCUT2D eigenvalue weighted by molar-refractivity contribution is 6.04. The average Bonchev–Trinajstić information content (AvgIpc) is 2.74. The van der Waals surface area contributed by atoms with Gasteiger partial charge in [0.1, 0.15) is 11.5 Å². The van der Waals surface area contributed by atoms with Crippen LogP contribution >= 0.6 is 0 Å². The maximum absolute atomic E-state index is 12.7. The van der Waals surface area contributed by atoms with Crippen molar-refractivity contribution in [3.8, 4) is 0 Å². The van der Waals surface area contributed by atoms with Crippen LogP contribution in [-0.4, -0.2) is 41.3 Å². The predicted octanol–water partition coefficient (Wildman–Crippen LogP) is 4.39. The van der Waals surface area contributed by atoms with Crippen molar-refractivity contribution in [2.24, 2.45) is 17.3 Å². The van der Waals surface area contributed by atoms with Crippen LogP contribution in [0.4, 0.5) is 0 Å². The van der Waals surface area contributed by atoms with Crippen molar-refractivity contribution in [1.82, 2.24) is 10.6 Å². The molecule has 2 amide bonds. The summed E-state index contributed by atoms with van der Waals surface area (Å²) in [6.07, 6.45) is 3.34. The van der Waals surface area contributed by atoms with E-state index in [1.54, 1.807) is 0 Å². The molecule has 0 spiro atoms. The lowest BCUT2D eigenvalue weighted by Crippen LogP contribution is -2.50. The molecule has 0 aliphatic heterocycles. The average molecular weight is 477 g/mol. The second-order valence-corrected chi connectivity index (χ2v) is 10.3. The molecular formula is C27H44N2O5. The first kappa shape index (κ1) is 31.3. The molecule has 1 unspecified atom stereocenters. The number of unbranched alkanes of at least 4 members (excludes halogenated alkanes) is 1. The van der Waals surface area contributed by atoms with E-state index in [4.69, 9.17) is 5.11 Å². The zero-order valence-corrected chi connectivity index (χ0v) is 21.9. The van der Waals surface area contributed by atoms with E-state index in [9.17, 15) is 19.2 Å². The van der Waals surface area contributed by atoms with Crippen molar-refractivity contribution < 1.29 is 24.3 Å². The first-order chi connectivity index (χ1) is 15.8. The van der Waals surface area contributed by atoms with Crippen molar-refractivity contribution in [2.45, 2.75) is 86.6 Å². The number of aliphatic carboxylic acids is 1. The van der Waals surface area contributed by atoms with Gasteiger partial charge in [-0.2, -0.15) is 0 Å². The van der Waals surface area contributed by atoms with Gasteiger partial charge >= 0.3 is 5.97 Å². The summed E-state index contributed by atoms with van der Waals surface area (Å²) >= 11 is 0. The van der Waals surface area contributed by atoms with Gasteiger partial charge in [0.25, 0.3) is 0 Å². The highest BCUT2D eigenvalue weighted by atomic mass is 16.4. The number of ketones is 1. The maximum atomic E-state index is 12.7. The van der Waals surface area contributed by atoms with Crippen molar-refractivity contribution in [3.05, 3.63) is 35.9 Å². The van der Waals surface area contributed by atoms with Gasteiger partial charge in [-0.3, -0.25) is 19.2 Å². The summed E-state index contributed by atoms with van der Waals surface area (Å²) in [7, 11) is 0. The summed E-state index contributed by atoms with van der Waals surface area (Å²) < 4.78 is 0. The molecule has 0 aliphatic carbocycles. The van der Waals surface area contributed by atoms with Gasteiger partial charge in [0.15, 0.2) is 5.78 Å². The minimum absolute atomic E-state index is 0.216. The van der Waals surface area contributed by atoms with Crippen molar-refractivity contribution >= 4 is 23.6 Å². The van der Waals surface area contributed by atoms with Gasteiger partial charge in [-0.15, -0.1) is 0 Å². The topological polar surface area (TPSA) is 113 Å². The Morgan fingerprint density at radius 3 is 2.00 bits per heavy atom. The number of benzene rings is 1. The van der Waals surface area contributed by atoms with E-state index < -0.39 is 35.7 Å². The molecule has 0 fully saturated rings. The highest BCUT2D eigenvalue weighted by Gasteiger charge is 2.36. The number of Topliss-reactive ketones (excluding diaryl/α,β-unsaturated/α-hetero) is 1. The Bertz CT molecular complexity index is 770. The molecular weight excluding hydrogens is 432 g/mol. The monoisotopic (exact) mass is 476 g/mol. The molecule has 1 aromatic carbocycles. The molecule has 1 aromatic rings. The number of amides is 2. The fraction of sp³-hybridized carbons (Fsp3) is 0.630. The fourth-order valence-electron chi connectivity index (χ4n) is 2.79. The summed E-state index contributed by atoms with van der Waals surface area (Å²) in [6, 6.07) is 8.42. The molecule has 0 saturated heterocycles. The Balaban J connectivity index is 0.00000251. The number of hydrogen-bond donors (Lipinski definition) is 3. The smallest absolute Gasteiger partial charge is 0.316 e. The first-order valence-electron chi connectivity index (χ1n) is 12.1. The van der Waals surface area contributed by atoms with Gasteiger partial charge in [0, 0.05) is 12.8 Å².